The Bertz CT molecular complexity index is 1170. The molecule has 0 aliphatic heterocycles. The molecule has 3 aromatic carbocycles. The number of anilines is 2. The van der Waals surface area contributed by atoms with Gasteiger partial charge in [0.15, 0.2) is 0 Å². The Balaban J connectivity index is 1.77. The molecule has 156 valence electrons. The third-order valence-electron chi connectivity index (χ3n) is 3.99. The molecule has 3 rings (SSSR count). The number of nitrogens with one attached hydrogen (secondary N) is 2. The largest absolute Gasteiger partial charge is 0.493 e. The van der Waals surface area contributed by atoms with Crippen molar-refractivity contribution in [1.82, 2.24) is 0 Å². The minimum Gasteiger partial charge on any atom is -0.493 e. The highest BCUT2D eigenvalue weighted by Crippen LogP contribution is 2.29. The molecule has 2 N–H and O–H groups in total. The molecule has 0 saturated heterocycles. The summed E-state index contributed by atoms with van der Waals surface area (Å²) in [6.07, 6.45) is 0. The predicted octanol–water partition coefficient (Wildman–Crippen LogP) is 5.04. The number of benzene rings is 3. The molecule has 30 heavy (non-hydrogen) atoms. The summed E-state index contributed by atoms with van der Waals surface area (Å²) >= 11 is 3.35. The summed E-state index contributed by atoms with van der Waals surface area (Å²) < 4.78 is 47.1. The van der Waals surface area contributed by atoms with Gasteiger partial charge in [-0.3, -0.25) is 9.52 Å². The van der Waals surface area contributed by atoms with Gasteiger partial charge in [0.1, 0.15) is 11.6 Å². The summed E-state index contributed by atoms with van der Waals surface area (Å²) in [7, 11) is -3.90. The van der Waals surface area contributed by atoms with E-state index in [-0.39, 0.29) is 10.5 Å². The van der Waals surface area contributed by atoms with E-state index < -0.39 is 21.7 Å². The van der Waals surface area contributed by atoms with Crippen LogP contribution >= 0.6 is 15.9 Å². The molecule has 0 aromatic heterocycles. The fraction of sp³-hybridized carbons (Fsp3) is 0.0952. The Kier molecular flexibility index (Phi) is 6.73. The molecule has 0 unspecified atom stereocenters. The highest BCUT2D eigenvalue weighted by molar-refractivity contribution is 9.10. The summed E-state index contributed by atoms with van der Waals surface area (Å²) in [6, 6.07) is 15.7. The van der Waals surface area contributed by atoms with Gasteiger partial charge >= 0.3 is 0 Å². The van der Waals surface area contributed by atoms with Gasteiger partial charge in [-0.1, -0.05) is 6.07 Å². The third-order valence-corrected chi connectivity index (χ3v) is 5.99. The normalized spacial score (nSPS) is 11.0. The minimum absolute atomic E-state index is 0.0237. The maximum Gasteiger partial charge on any atom is 0.261 e. The lowest BCUT2D eigenvalue weighted by molar-refractivity contribution is 0.102. The molecule has 0 saturated carbocycles. The van der Waals surface area contributed by atoms with Gasteiger partial charge in [-0.2, -0.15) is 0 Å². The number of halogens is 2. The van der Waals surface area contributed by atoms with Gasteiger partial charge in [0.05, 0.1) is 21.7 Å². The average Bonchev–Trinajstić information content (AvgIpc) is 2.70. The fourth-order valence-electron chi connectivity index (χ4n) is 2.60. The van der Waals surface area contributed by atoms with Crippen LogP contribution < -0.4 is 14.8 Å². The molecule has 0 bridgehead atoms. The van der Waals surface area contributed by atoms with Crippen molar-refractivity contribution in [3.63, 3.8) is 0 Å². The smallest absolute Gasteiger partial charge is 0.261 e. The zero-order valence-corrected chi connectivity index (χ0v) is 18.3. The van der Waals surface area contributed by atoms with E-state index in [0.29, 0.717) is 28.2 Å². The van der Waals surface area contributed by atoms with E-state index >= 15 is 0 Å². The third kappa shape index (κ3) is 5.37. The van der Waals surface area contributed by atoms with Crippen molar-refractivity contribution in [2.45, 2.75) is 11.8 Å². The molecule has 0 aliphatic carbocycles. The lowest BCUT2D eigenvalue weighted by Gasteiger charge is -2.12. The van der Waals surface area contributed by atoms with Crippen LogP contribution in [-0.4, -0.2) is 20.9 Å². The molecule has 0 radical (unpaired) electrons. The Morgan fingerprint density at radius 2 is 1.77 bits per heavy atom. The van der Waals surface area contributed by atoms with E-state index in [2.05, 4.69) is 26.0 Å². The summed E-state index contributed by atoms with van der Waals surface area (Å²) in [5, 5.41) is 2.61. The summed E-state index contributed by atoms with van der Waals surface area (Å²) in [5.41, 5.74) is 0.896. The molecular formula is C21H18BrFN2O4S. The van der Waals surface area contributed by atoms with Crippen molar-refractivity contribution < 1.29 is 22.3 Å². The molecule has 9 heteroatoms. The van der Waals surface area contributed by atoms with E-state index in [4.69, 9.17) is 4.74 Å². The van der Waals surface area contributed by atoms with Crippen LogP contribution in [0.15, 0.2) is 76.1 Å². The molecule has 0 atom stereocenters. The number of carbonyl (C=O) groups excluding carboxylic acids is 1. The first-order valence-corrected chi connectivity index (χ1v) is 11.2. The first kappa shape index (κ1) is 21.8. The summed E-state index contributed by atoms with van der Waals surface area (Å²) in [5.74, 6) is -0.328. The maximum atomic E-state index is 13.0. The number of carbonyl (C=O) groups is 1. The van der Waals surface area contributed by atoms with Crippen LogP contribution in [0.5, 0.6) is 5.75 Å². The standard InChI is InChI=1S/C21H18BrFN2O4S/c1-2-29-20-11-10-17(13-19(20)22)25-30(27,28)18-5-3-4-16(12-18)24-21(26)14-6-8-15(23)9-7-14/h3-13,25H,2H2,1H3,(H,24,26). The van der Waals surface area contributed by atoms with Gasteiger partial charge in [-0.15, -0.1) is 0 Å². The first-order valence-electron chi connectivity index (χ1n) is 8.90. The lowest BCUT2D eigenvalue weighted by atomic mass is 10.2. The minimum atomic E-state index is -3.90. The van der Waals surface area contributed by atoms with Gasteiger partial charge in [-0.05, 0) is 83.5 Å². The Hall–Kier alpha value is -2.91. The molecule has 0 fully saturated rings. The van der Waals surface area contributed by atoms with Crippen molar-refractivity contribution in [2.24, 2.45) is 0 Å². The fourth-order valence-corrected chi connectivity index (χ4v) is 4.18. The maximum absolute atomic E-state index is 13.0. The molecule has 3 aromatic rings. The van der Waals surface area contributed by atoms with E-state index in [9.17, 15) is 17.6 Å². The van der Waals surface area contributed by atoms with Crippen molar-refractivity contribution in [3.05, 3.63) is 82.6 Å². The van der Waals surface area contributed by atoms with Crippen molar-refractivity contribution in [2.75, 3.05) is 16.6 Å². The van der Waals surface area contributed by atoms with Gasteiger partial charge in [-0.25, -0.2) is 12.8 Å². The van der Waals surface area contributed by atoms with Gasteiger partial charge in [0, 0.05) is 11.3 Å². The van der Waals surface area contributed by atoms with Gasteiger partial charge in [0.2, 0.25) is 0 Å². The van der Waals surface area contributed by atoms with Crippen LogP contribution in [0, 0.1) is 5.82 Å². The van der Waals surface area contributed by atoms with E-state index in [1.165, 1.54) is 42.5 Å². The lowest BCUT2D eigenvalue weighted by Crippen LogP contribution is -2.15. The van der Waals surface area contributed by atoms with Crippen LogP contribution in [0.25, 0.3) is 0 Å². The first-order chi connectivity index (χ1) is 14.3. The number of rotatable bonds is 7. The van der Waals surface area contributed by atoms with Crippen molar-refractivity contribution >= 4 is 43.2 Å². The molecule has 6 nitrogen and oxygen atoms in total. The second-order valence-corrected chi connectivity index (χ2v) is 8.71. The topological polar surface area (TPSA) is 84.5 Å². The highest BCUT2D eigenvalue weighted by Gasteiger charge is 2.16. The van der Waals surface area contributed by atoms with Crippen LogP contribution in [0.1, 0.15) is 17.3 Å². The van der Waals surface area contributed by atoms with Gasteiger partial charge in [0.25, 0.3) is 15.9 Å². The number of sulfonamides is 1. The quantitative estimate of drug-likeness (QED) is 0.483. The zero-order chi connectivity index (χ0) is 21.7. The van der Waals surface area contributed by atoms with Crippen molar-refractivity contribution in [3.8, 4) is 5.75 Å². The van der Waals surface area contributed by atoms with Crippen LogP contribution in [0.2, 0.25) is 0 Å². The Labute approximate surface area is 182 Å². The SMILES string of the molecule is CCOc1ccc(NS(=O)(=O)c2cccc(NC(=O)c3ccc(F)cc3)c2)cc1Br. The number of amides is 1. The molecule has 0 aliphatic rings. The monoisotopic (exact) mass is 492 g/mol. The Morgan fingerprint density at radius 1 is 1.03 bits per heavy atom. The molecule has 1 amide bonds. The average molecular weight is 493 g/mol. The predicted molar refractivity (Wildman–Crippen MR) is 117 cm³/mol. The van der Waals surface area contributed by atoms with E-state index in [0.717, 1.165) is 0 Å². The second-order valence-electron chi connectivity index (χ2n) is 6.17. The zero-order valence-electron chi connectivity index (χ0n) is 15.9. The summed E-state index contributed by atoms with van der Waals surface area (Å²) in [4.78, 5) is 12.3. The van der Waals surface area contributed by atoms with Crippen LogP contribution in [0.3, 0.4) is 0 Å². The molecule has 0 spiro atoms. The summed E-state index contributed by atoms with van der Waals surface area (Å²) in [6.45, 7) is 2.34. The number of ether oxygens (including phenoxy) is 1. The molecular weight excluding hydrogens is 475 g/mol. The van der Waals surface area contributed by atoms with Crippen LogP contribution in [-0.2, 0) is 10.0 Å². The van der Waals surface area contributed by atoms with Gasteiger partial charge < -0.3 is 10.1 Å². The molecule has 0 heterocycles. The second kappa shape index (κ2) is 9.27. The number of hydrogen-bond donors (Lipinski definition) is 2. The Morgan fingerprint density at radius 3 is 2.43 bits per heavy atom. The van der Waals surface area contributed by atoms with E-state index in [1.54, 1.807) is 24.3 Å². The highest BCUT2D eigenvalue weighted by atomic mass is 79.9. The van der Waals surface area contributed by atoms with Crippen molar-refractivity contribution in [1.29, 1.82) is 0 Å². The van der Waals surface area contributed by atoms with E-state index in [1.807, 2.05) is 6.92 Å². The van der Waals surface area contributed by atoms with Crippen LogP contribution in [0.4, 0.5) is 15.8 Å². The number of hydrogen-bond acceptors (Lipinski definition) is 4.